The molecule has 16 heavy (non-hydrogen) atoms. The highest BCUT2D eigenvalue weighted by atomic mass is 35.5. The molecule has 0 amide bonds. The van der Waals surface area contributed by atoms with Crippen LogP contribution < -0.4 is 0 Å². The highest BCUT2D eigenvalue weighted by molar-refractivity contribution is 6.30. The molecule has 0 saturated heterocycles. The lowest BCUT2D eigenvalue weighted by atomic mass is 9.96. The lowest BCUT2D eigenvalue weighted by Crippen LogP contribution is -2.06. The molecule has 0 heterocycles. The molecule has 0 N–H and O–H groups in total. The standard InChI is InChI=1S/C13H16ClFO/c1-3-4-9(2)7-13(16)10-5-6-11(14)12(15)8-10/h5-6,8-9H,3-4,7H2,1-2H3. The molecule has 0 aliphatic rings. The van der Waals surface area contributed by atoms with Crippen LogP contribution in [0.4, 0.5) is 4.39 Å². The van der Waals surface area contributed by atoms with Crippen LogP contribution in [0.5, 0.6) is 0 Å². The van der Waals surface area contributed by atoms with Gasteiger partial charge in [0, 0.05) is 12.0 Å². The summed E-state index contributed by atoms with van der Waals surface area (Å²) in [6.07, 6.45) is 2.54. The van der Waals surface area contributed by atoms with Crippen molar-refractivity contribution in [3.8, 4) is 0 Å². The van der Waals surface area contributed by atoms with Crippen LogP contribution in [-0.2, 0) is 0 Å². The molecule has 1 rings (SSSR count). The second-order valence-electron chi connectivity index (χ2n) is 4.15. The Morgan fingerprint density at radius 2 is 2.19 bits per heavy atom. The predicted octanol–water partition coefficient (Wildman–Crippen LogP) is 4.49. The molecule has 1 aromatic carbocycles. The molecule has 0 bridgehead atoms. The van der Waals surface area contributed by atoms with Gasteiger partial charge in [0.05, 0.1) is 5.02 Å². The van der Waals surface area contributed by atoms with Gasteiger partial charge in [-0.15, -0.1) is 0 Å². The number of hydrogen-bond acceptors (Lipinski definition) is 1. The van der Waals surface area contributed by atoms with E-state index in [0.29, 0.717) is 17.9 Å². The van der Waals surface area contributed by atoms with Gasteiger partial charge in [-0.3, -0.25) is 4.79 Å². The van der Waals surface area contributed by atoms with Gasteiger partial charge in [0.2, 0.25) is 0 Å². The maximum Gasteiger partial charge on any atom is 0.163 e. The fourth-order valence-corrected chi connectivity index (χ4v) is 1.82. The molecule has 0 aliphatic carbocycles. The maximum atomic E-state index is 13.1. The number of carbonyl (C=O) groups is 1. The number of Topliss-reactive ketones (excluding diaryl/α,β-unsaturated/α-hetero) is 1. The molecule has 0 fully saturated rings. The molecule has 3 heteroatoms. The third-order valence-electron chi connectivity index (χ3n) is 2.56. The fourth-order valence-electron chi connectivity index (χ4n) is 1.70. The third kappa shape index (κ3) is 3.60. The molecule has 1 unspecified atom stereocenters. The van der Waals surface area contributed by atoms with E-state index in [2.05, 4.69) is 6.92 Å². The maximum absolute atomic E-state index is 13.1. The number of ketones is 1. The van der Waals surface area contributed by atoms with E-state index in [1.807, 2.05) is 6.92 Å². The number of hydrogen-bond donors (Lipinski definition) is 0. The molecule has 0 saturated carbocycles. The second-order valence-corrected chi connectivity index (χ2v) is 4.56. The van der Waals surface area contributed by atoms with Crippen molar-refractivity contribution < 1.29 is 9.18 Å². The van der Waals surface area contributed by atoms with Crippen LogP contribution in [0, 0.1) is 11.7 Å². The van der Waals surface area contributed by atoms with Crippen molar-refractivity contribution in [1.82, 2.24) is 0 Å². The van der Waals surface area contributed by atoms with Crippen molar-refractivity contribution in [2.24, 2.45) is 5.92 Å². The van der Waals surface area contributed by atoms with E-state index in [9.17, 15) is 9.18 Å². The molecular formula is C13H16ClFO. The van der Waals surface area contributed by atoms with Gasteiger partial charge in [-0.2, -0.15) is 0 Å². The van der Waals surface area contributed by atoms with E-state index in [4.69, 9.17) is 11.6 Å². The Morgan fingerprint density at radius 3 is 2.75 bits per heavy atom. The highest BCUT2D eigenvalue weighted by Gasteiger charge is 2.12. The molecule has 1 aromatic rings. The van der Waals surface area contributed by atoms with Crippen LogP contribution in [0.25, 0.3) is 0 Å². The molecule has 88 valence electrons. The quantitative estimate of drug-likeness (QED) is 0.696. The summed E-state index contributed by atoms with van der Waals surface area (Å²) in [5.41, 5.74) is 0.407. The van der Waals surface area contributed by atoms with E-state index in [1.54, 1.807) is 6.07 Å². The van der Waals surface area contributed by atoms with Crippen molar-refractivity contribution in [3.63, 3.8) is 0 Å². The van der Waals surface area contributed by atoms with E-state index in [0.717, 1.165) is 12.8 Å². The Labute approximate surface area is 101 Å². The van der Waals surface area contributed by atoms with E-state index in [-0.39, 0.29) is 10.8 Å². The van der Waals surface area contributed by atoms with Crippen molar-refractivity contribution in [1.29, 1.82) is 0 Å². The van der Waals surface area contributed by atoms with E-state index >= 15 is 0 Å². The molecule has 1 nitrogen and oxygen atoms in total. The van der Waals surface area contributed by atoms with Crippen LogP contribution in [0.1, 0.15) is 43.5 Å². The SMILES string of the molecule is CCCC(C)CC(=O)c1ccc(Cl)c(F)c1. The lowest BCUT2D eigenvalue weighted by Gasteiger charge is -2.08. The van der Waals surface area contributed by atoms with Gasteiger partial charge in [-0.1, -0.05) is 38.3 Å². The number of halogens is 2. The zero-order valence-corrected chi connectivity index (χ0v) is 10.4. The Balaban J connectivity index is 2.69. The number of benzene rings is 1. The van der Waals surface area contributed by atoms with Crippen LogP contribution >= 0.6 is 11.6 Å². The Hall–Kier alpha value is -0.890. The smallest absolute Gasteiger partial charge is 0.163 e. The van der Waals surface area contributed by atoms with Crippen molar-refractivity contribution >= 4 is 17.4 Å². The van der Waals surface area contributed by atoms with Gasteiger partial charge in [-0.25, -0.2) is 4.39 Å². The highest BCUT2D eigenvalue weighted by Crippen LogP contribution is 2.19. The van der Waals surface area contributed by atoms with Gasteiger partial charge < -0.3 is 0 Å². The van der Waals surface area contributed by atoms with Crippen molar-refractivity contribution in [3.05, 3.63) is 34.6 Å². The summed E-state index contributed by atoms with van der Waals surface area (Å²) in [4.78, 5) is 11.8. The Kier molecular flexibility index (Phi) is 4.94. The average molecular weight is 243 g/mol. The minimum Gasteiger partial charge on any atom is -0.294 e. The first-order chi connectivity index (χ1) is 7.54. The van der Waals surface area contributed by atoms with Gasteiger partial charge in [0.1, 0.15) is 5.82 Å². The molecule has 0 aliphatic heterocycles. The molecular weight excluding hydrogens is 227 g/mol. The Bertz CT molecular complexity index is 376. The predicted molar refractivity (Wildman–Crippen MR) is 64.4 cm³/mol. The first kappa shape index (κ1) is 13.2. The molecule has 1 atom stereocenters. The van der Waals surface area contributed by atoms with Gasteiger partial charge in [-0.05, 0) is 24.1 Å². The summed E-state index contributed by atoms with van der Waals surface area (Å²) in [6.45, 7) is 4.12. The van der Waals surface area contributed by atoms with E-state index in [1.165, 1.54) is 12.1 Å². The van der Waals surface area contributed by atoms with Gasteiger partial charge in [0.25, 0.3) is 0 Å². The van der Waals surface area contributed by atoms with Crippen LogP contribution in [0.2, 0.25) is 5.02 Å². The van der Waals surface area contributed by atoms with Crippen LogP contribution in [0.15, 0.2) is 18.2 Å². The van der Waals surface area contributed by atoms with Crippen molar-refractivity contribution in [2.45, 2.75) is 33.1 Å². The summed E-state index contributed by atoms with van der Waals surface area (Å²) in [5.74, 6) is -0.205. The zero-order valence-electron chi connectivity index (χ0n) is 9.59. The molecule has 0 spiro atoms. The average Bonchev–Trinajstić information content (AvgIpc) is 2.22. The summed E-state index contributed by atoms with van der Waals surface area (Å²) in [7, 11) is 0. The fraction of sp³-hybridized carbons (Fsp3) is 0.462. The normalized spacial score (nSPS) is 12.5. The van der Waals surface area contributed by atoms with Crippen LogP contribution in [-0.4, -0.2) is 5.78 Å². The second kappa shape index (κ2) is 6.00. The van der Waals surface area contributed by atoms with Gasteiger partial charge >= 0.3 is 0 Å². The number of carbonyl (C=O) groups excluding carboxylic acids is 1. The first-order valence-corrected chi connectivity index (χ1v) is 5.90. The minimum absolute atomic E-state index is 0.0171. The monoisotopic (exact) mass is 242 g/mol. The number of rotatable bonds is 5. The van der Waals surface area contributed by atoms with Crippen LogP contribution in [0.3, 0.4) is 0 Å². The Morgan fingerprint density at radius 1 is 1.50 bits per heavy atom. The summed E-state index contributed by atoms with van der Waals surface area (Å²) in [5, 5.41) is 0.0538. The summed E-state index contributed by atoms with van der Waals surface area (Å²) < 4.78 is 13.1. The third-order valence-corrected chi connectivity index (χ3v) is 2.86. The van der Waals surface area contributed by atoms with Gasteiger partial charge in [0.15, 0.2) is 5.78 Å². The topological polar surface area (TPSA) is 17.1 Å². The lowest BCUT2D eigenvalue weighted by molar-refractivity contribution is 0.0962. The summed E-state index contributed by atoms with van der Waals surface area (Å²) in [6, 6.07) is 4.21. The minimum atomic E-state index is -0.532. The first-order valence-electron chi connectivity index (χ1n) is 5.52. The summed E-state index contributed by atoms with van der Waals surface area (Å²) >= 11 is 5.55. The van der Waals surface area contributed by atoms with Crippen molar-refractivity contribution in [2.75, 3.05) is 0 Å². The molecule has 0 radical (unpaired) electrons. The molecule has 0 aromatic heterocycles. The van der Waals surface area contributed by atoms with E-state index < -0.39 is 5.82 Å². The zero-order chi connectivity index (χ0) is 12.1. The largest absolute Gasteiger partial charge is 0.294 e.